The van der Waals surface area contributed by atoms with E-state index in [9.17, 15) is 0 Å². The van der Waals surface area contributed by atoms with Crippen molar-refractivity contribution in [1.29, 1.82) is 0 Å². The number of morpholine rings is 1. The van der Waals surface area contributed by atoms with Crippen molar-refractivity contribution in [3.05, 3.63) is 60.7 Å². The summed E-state index contributed by atoms with van der Waals surface area (Å²) in [4.78, 5) is 11.8. The van der Waals surface area contributed by atoms with Crippen LogP contribution in [0.4, 0.5) is 5.82 Å². The van der Waals surface area contributed by atoms with Gasteiger partial charge in [0.05, 0.1) is 24.3 Å². The highest BCUT2D eigenvalue weighted by molar-refractivity contribution is 5.88. The predicted octanol–water partition coefficient (Wildman–Crippen LogP) is 3.79. The molecule has 5 rings (SSSR count). The van der Waals surface area contributed by atoms with E-state index in [0.717, 1.165) is 40.9 Å². The van der Waals surface area contributed by atoms with Crippen LogP contribution < -0.4 is 4.90 Å². The SMILES string of the molecule is c1ccc(-c2nc(-c3cc4ccccc4nc3N3CCOCC3)no2)cc1. The van der Waals surface area contributed by atoms with E-state index in [-0.39, 0.29) is 0 Å². The van der Waals surface area contributed by atoms with Gasteiger partial charge < -0.3 is 14.2 Å². The molecule has 0 N–H and O–H groups in total. The van der Waals surface area contributed by atoms with Gasteiger partial charge in [0, 0.05) is 24.0 Å². The summed E-state index contributed by atoms with van der Waals surface area (Å²) in [5.41, 5.74) is 2.73. The second kappa shape index (κ2) is 6.81. The topological polar surface area (TPSA) is 64.3 Å². The van der Waals surface area contributed by atoms with Crippen LogP contribution in [0.5, 0.6) is 0 Å². The standard InChI is InChI=1S/C21H18N4O2/c1-2-6-15(7-3-1)21-23-19(24-27-21)17-14-16-8-4-5-9-18(16)22-20(17)25-10-12-26-13-11-25/h1-9,14H,10-13H2. The first-order valence-corrected chi connectivity index (χ1v) is 9.00. The number of aromatic nitrogens is 3. The Bertz CT molecular complexity index is 1070. The first-order chi connectivity index (χ1) is 13.4. The maximum absolute atomic E-state index is 5.53. The summed E-state index contributed by atoms with van der Waals surface area (Å²) in [6.45, 7) is 2.97. The molecule has 1 aliphatic rings. The van der Waals surface area contributed by atoms with Crippen molar-refractivity contribution < 1.29 is 9.26 Å². The molecule has 0 spiro atoms. The van der Waals surface area contributed by atoms with Gasteiger partial charge >= 0.3 is 0 Å². The average molecular weight is 358 g/mol. The van der Waals surface area contributed by atoms with Gasteiger partial charge in [-0.2, -0.15) is 4.98 Å². The molecule has 1 aliphatic heterocycles. The Morgan fingerprint density at radius 3 is 2.48 bits per heavy atom. The van der Waals surface area contributed by atoms with E-state index in [1.807, 2.05) is 54.6 Å². The number of fused-ring (bicyclic) bond motifs is 1. The van der Waals surface area contributed by atoms with E-state index in [2.05, 4.69) is 21.1 Å². The number of para-hydroxylation sites is 1. The molecule has 0 amide bonds. The first-order valence-electron chi connectivity index (χ1n) is 9.00. The number of anilines is 1. The van der Waals surface area contributed by atoms with Crippen molar-refractivity contribution in [3.8, 4) is 22.8 Å². The summed E-state index contributed by atoms with van der Waals surface area (Å²) in [5.74, 6) is 1.93. The number of ether oxygens (including phenoxy) is 1. The molecule has 0 saturated carbocycles. The lowest BCUT2D eigenvalue weighted by atomic mass is 10.1. The molecule has 0 unspecified atom stereocenters. The Kier molecular flexibility index (Phi) is 4.03. The summed E-state index contributed by atoms with van der Waals surface area (Å²) in [6.07, 6.45) is 0. The van der Waals surface area contributed by atoms with Crippen molar-refractivity contribution in [1.82, 2.24) is 15.1 Å². The van der Waals surface area contributed by atoms with Gasteiger partial charge in [-0.1, -0.05) is 41.6 Å². The Morgan fingerprint density at radius 2 is 1.63 bits per heavy atom. The van der Waals surface area contributed by atoms with Crippen LogP contribution in [0.2, 0.25) is 0 Å². The Morgan fingerprint density at radius 1 is 0.852 bits per heavy atom. The molecule has 1 fully saturated rings. The number of nitrogens with zero attached hydrogens (tertiary/aromatic N) is 4. The third kappa shape index (κ3) is 3.04. The maximum Gasteiger partial charge on any atom is 0.258 e. The third-order valence-corrected chi connectivity index (χ3v) is 4.70. The maximum atomic E-state index is 5.53. The molecule has 1 saturated heterocycles. The van der Waals surface area contributed by atoms with Gasteiger partial charge in [-0.15, -0.1) is 0 Å². The predicted molar refractivity (Wildman–Crippen MR) is 104 cm³/mol. The normalized spacial score (nSPS) is 14.6. The van der Waals surface area contributed by atoms with Crippen molar-refractivity contribution in [2.45, 2.75) is 0 Å². The van der Waals surface area contributed by atoms with Crippen LogP contribution >= 0.6 is 0 Å². The lowest BCUT2D eigenvalue weighted by Crippen LogP contribution is -2.37. The fourth-order valence-electron chi connectivity index (χ4n) is 3.32. The second-order valence-electron chi connectivity index (χ2n) is 6.44. The number of rotatable bonds is 3. The fraction of sp³-hybridized carbons (Fsp3) is 0.190. The second-order valence-corrected chi connectivity index (χ2v) is 6.44. The van der Waals surface area contributed by atoms with Gasteiger partial charge in [0.2, 0.25) is 5.82 Å². The Hall–Kier alpha value is -3.25. The lowest BCUT2D eigenvalue weighted by molar-refractivity contribution is 0.122. The minimum absolute atomic E-state index is 0.506. The number of hydrogen-bond donors (Lipinski definition) is 0. The molecule has 3 heterocycles. The highest BCUT2D eigenvalue weighted by Crippen LogP contribution is 2.32. The van der Waals surface area contributed by atoms with E-state index >= 15 is 0 Å². The van der Waals surface area contributed by atoms with E-state index in [4.69, 9.17) is 14.2 Å². The van der Waals surface area contributed by atoms with Gasteiger partial charge in [0.25, 0.3) is 5.89 Å². The molecule has 134 valence electrons. The van der Waals surface area contributed by atoms with Gasteiger partial charge in [0.15, 0.2) is 0 Å². The van der Waals surface area contributed by atoms with E-state index in [1.54, 1.807) is 0 Å². The molecule has 2 aromatic carbocycles. The molecule has 0 bridgehead atoms. The van der Waals surface area contributed by atoms with E-state index < -0.39 is 0 Å². The molecule has 0 radical (unpaired) electrons. The highest BCUT2D eigenvalue weighted by atomic mass is 16.5. The summed E-state index contributed by atoms with van der Waals surface area (Å²) in [7, 11) is 0. The summed E-state index contributed by atoms with van der Waals surface area (Å²) in [5, 5.41) is 5.29. The van der Waals surface area contributed by atoms with E-state index in [0.29, 0.717) is 24.9 Å². The quantitative estimate of drug-likeness (QED) is 0.555. The lowest BCUT2D eigenvalue weighted by Gasteiger charge is -2.29. The minimum atomic E-state index is 0.506. The van der Waals surface area contributed by atoms with Crippen LogP contribution in [0.15, 0.2) is 65.2 Å². The minimum Gasteiger partial charge on any atom is -0.378 e. The molecule has 2 aromatic heterocycles. The molecule has 27 heavy (non-hydrogen) atoms. The van der Waals surface area contributed by atoms with Crippen LogP contribution in [0, 0.1) is 0 Å². The van der Waals surface area contributed by atoms with Crippen LogP contribution in [-0.2, 0) is 4.74 Å². The summed E-state index contributed by atoms with van der Waals surface area (Å²) in [6, 6.07) is 20.0. The molecular weight excluding hydrogens is 340 g/mol. The Balaban J connectivity index is 1.64. The summed E-state index contributed by atoms with van der Waals surface area (Å²) < 4.78 is 11.0. The molecule has 4 aromatic rings. The number of pyridine rings is 1. The molecular formula is C21H18N4O2. The third-order valence-electron chi connectivity index (χ3n) is 4.70. The van der Waals surface area contributed by atoms with Gasteiger partial charge in [-0.05, 0) is 24.3 Å². The van der Waals surface area contributed by atoms with E-state index in [1.165, 1.54) is 0 Å². The zero-order valence-electron chi connectivity index (χ0n) is 14.7. The van der Waals surface area contributed by atoms with Crippen LogP contribution in [0.25, 0.3) is 33.7 Å². The number of benzene rings is 2. The Labute approximate surface area is 156 Å². The van der Waals surface area contributed by atoms with Crippen molar-refractivity contribution in [3.63, 3.8) is 0 Å². The number of hydrogen-bond acceptors (Lipinski definition) is 6. The van der Waals surface area contributed by atoms with Gasteiger partial charge in [0.1, 0.15) is 5.82 Å². The van der Waals surface area contributed by atoms with Crippen molar-refractivity contribution in [2.75, 3.05) is 31.2 Å². The summed E-state index contributed by atoms with van der Waals surface area (Å²) >= 11 is 0. The smallest absolute Gasteiger partial charge is 0.258 e. The molecule has 0 aliphatic carbocycles. The van der Waals surface area contributed by atoms with Crippen LogP contribution in [0.3, 0.4) is 0 Å². The van der Waals surface area contributed by atoms with Crippen molar-refractivity contribution >= 4 is 16.7 Å². The zero-order valence-corrected chi connectivity index (χ0v) is 14.7. The molecule has 6 nitrogen and oxygen atoms in total. The highest BCUT2D eigenvalue weighted by Gasteiger charge is 2.21. The van der Waals surface area contributed by atoms with Crippen molar-refractivity contribution in [2.24, 2.45) is 0 Å². The molecule has 0 atom stereocenters. The average Bonchev–Trinajstić information content (AvgIpc) is 3.24. The molecule has 6 heteroatoms. The fourth-order valence-corrected chi connectivity index (χ4v) is 3.32. The van der Waals surface area contributed by atoms with Gasteiger partial charge in [-0.3, -0.25) is 0 Å². The largest absolute Gasteiger partial charge is 0.378 e. The first kappa shape index (κ1) is 16.0. The van der Waals surface area contributed by atoms with Crippen LogP contribution in [0.1, 0.15) is 0 Å². The van der Waals surface area contributed by atoms with Gasteiger partial charge in [-0.25, -0.2) is 4.98 Å². The monoisotopic (exact) mass is 358 g/mol. The zero-order chi connectivity index (χ0) is 18.1. The van der Waals surface area contributed by atoms with Crippen LogP contribution in [-0.4, -0.2) is 41.4 Å².